The van der Waals surface area contributed by atoms with Crippen molar-refractivity contribution in [2.45, 2.75) is 25.6 Å². The van der Waals surface area contributed by atoms with Crippen molar-refractivity contribution >= 4 is 29.5 Å². The molecule has 2 aromatic rings. The van der Waals surface area contributed by atoms with Gasteiger partial charge in [-0.3, -0.25) is 4.90 Å². The molecule has 0 unspecified atom stereocenters. The van der Waals surface area contributed by atoms with E-state index in [4.69, 9.17) is 0 Å². The number of anilines is 2. The minimum absolute atomic E-state index is 0.201. The van der Waals surface area contributed by atoms with Crippen LogP contribution in [0.2, 0.25) is 0 Å². The smallest absolute Gasteiger partial charge is 0.371 e. The largest absolute Gasteiger partial charge is 0.418 e. The molecule has 2 aliphatic heterocycles. The number of halogens is 3. The summed E-state index contributed by atoms with van der Waals surface area (Å²) >= 11 is 1.40. The number of alkyl halides is 3. The Hall–Kier alpha value is -2.40. The zero-order chi connectivity index (χ0) is 22.7. The van der Waals surface area contributed by atoms with Crippen molar-refractivity contribution in [3.05, 3.63) is 41.6 Å². The molecule has 0 atom stereocenters. The van der Waals surface area contributed by atoms with Crippen molar-refractivity contribution in [1.82, 2.24) is 19.6 Å². The molecular formula is C21H27F3N6OS. The molecule has 0 radical (unpaired) electrons. The summed E-state index contributed by atoms with van der Waals surface area (Å²) in [5.74, 6) is 0.613. The molecule has 0 aliphatic carbocycles. The maximum absolute atomic E-state index is 13.7. The molecule has 11 heteroatoms. The maximum atomic E-state index is 13.7. The molecule has 7 nitrogen and oxygen atoms in total. The molecule has 174 valence electrons. The van der Waals surface area contributed by atoms with E-state index in [0.29, 0.717) is 57.2 Å². The fraction of sp³-hybridized carbons (Fsp3) is 0.524. The summed E-state index contributed by atoms with van der Waals surface area (Å²) in [4.78, 5) is 18.3. The molecule has 32 heavy (non-hydrogen) atoms. The van der Waals surface area contributed by atoms with Crippen LogP contribution in [-0.4, -0.2) is 71.1 Å². The van der Waals surface area contributed by atoms with Gasteiger partial charge >= 0.3 is 12.2 Å². The van der Waals surface area contributed by atoms with Crippen molar-refractivity contribution < 1.29 is 18.0 Å². The number of aromatic nitrogens is 2. The Morgan fingerprint density at radius 3 is 2.47 bits per heavy atom. The van der Waals surface area contributed by atoms with Gasteiger partial charge in [0.1, 0.15) is 0 Å². The average Bonchev–Trinajstić information content (AvgIpc) is 3.46. The second-order valence-corrected chi connectivity index (χ2v) is 8.65. The van der Waals surface area contributed by atoms with Gasteiger partial charge in [0.2, 0.25) is 0 Å². The molecule has 1 amide bonds. The highest BCUT2D eigenvalue weighted by molar-refractivity contribution is 7.99. The van der Waals surface area contributed by atoms with E-state index in [-0.39, 0.29) is 11.7 Å². The first kappa shape index (κ1) is 22.8. The molecular weight excluding hydrogens is 441 g/mol. The van der Waals surface area contributed by atoms with Gasteiger partial charge < -0.3 is 14.5 Å². The van der Waals surface area contributed by atoms with Gasteiger partial charge in [0, 0.05) is 70.0 Å². The topological polar surface area (TPSA) is 56.6 Å². The lowest BCUT2D eigenvalue weighted by molar-refractivity contribution is -0.137. The molecule has 2 aliphatic rings. The molecule has 0 spiro atoms. The van der Waals surface area contributed by atoms with Crippen LogP contribution in [0.3, 0.4) is 0 Å². The quantitative estimate of drug-likeness (QED) is 0.670. The number of rotatable bonds is 5. The van der Waals surface area contributed by atoms with E-state index >= 15 is 0 Å². The number of hydrogen-bond acceptors (Lipinski definition) is 6. The lowest BCUT2D eigenvalue weighted by atomic mass is 10.1. The highest BCUT2D eigenvalue weighted by Crippen LogP contribution is 2.38. The third-order valence-electron chi connectivity index (χ3n) is 5.85. The summed E-state index contributed by atoms with van der Waals surface area (Å²) in [6.07, 6.45) is 0.963. The minimum Gasteiger partial charge on any atom is -0.371 e. The van der Waals surface area contributed by atoms with Crippen molar-refractivity contribution in [1.29, 1.82) is 0 Å². The average molecular weight is 469 g/mol. The number of benzene rings is 1. The Balaban J connectivity index is 1.37. The maximum Gasteiger partial charge on any atom is 0.418 e. The Kier molecular flexibility index (Phi) is 6.85. The first-order valence-corrected chi connectivity index (χ1v) is 11.9. The number of amides is 1. The highest BCUT2D eigenvalue weighted by Gasteiger charge is 2.36. The van der Waals surface area contributed by atoms with Gasteiger partial charge in [-0.2, -0.15) is 17.9 Å². The van der Waals surface area contributed by atoms with Crippen LogP contribution in [-0.2, 0) is 12.7 Å². The van der Waals surface area contributed by atoms with Crippen molar-refractivity contribution in [2.24, 2.45) is 0 Å². The van der Waals surface area contributed by atoms with E-state index in [9.17, 15) is 18.0 Å². The molecule has 0 bridgehead atoms. The predicted molar refractivity (Wildman–Crippen MR) is 120 cm³/mol. The number of nitrogens with one attached hydrogen (secondary N) is 1. The molecule has 0 saturated carbocycles. The number of carbonyl (C=O) groups excluding carboxylic acids is 1. The molecule has 4 rings (SSSR count). The SMILES string of the molecule is CSNc1ccn(C(=O)N2CCN(Cc3ccc(N4CCCC4)c(C(F)(F)F)c3)CC2)n1. The van der Waals surface area contributed by atoms with E-state index in [0.717, 1.165) is 12.8 Å². The van der Waals surface area contributed by atoms with E-state index in [1.54, 1.807) is 29.3 Å². The molecule has 2 fully saturated rings. The standard InChI is InChI=1S/C21H27F3N6OS/c1-32-26-19-6-9-30(25-19)20(31)29-12-10-27(11-13-29)15-16-4-5-18(28-7-2-3-8-28)17(14-16)21(22,23)24/h4-6,9,14H,2-3,7-8,10-13,15H2,1H3,(H,25,26). The summed E-state index contributed by atoms with van der Waals surface area (Å²) in [6, 6.07) is 6.23. The summed E-state index contributed by atoms with van der Waals surface area (Å²) < 4.78 is 45.4. The van der Waals surface area contributed by atoms with Crippen LogP contribution in [0.4, 0.5) is 29.5 Å². The second kappa shape index (κ2) is 9.62. The molecule has 1 N–H and O–H groups in total. The van der Waals surface area contributed by atoms with E-state index < -0.39 is 11.7 Å². The van der Waals surface area contributed by atoms with Crippen LogP contribution in [0, 0.1) is 0 Å². The van der Waals surface area contributed by atoms with Gasteiger partial charge in [-0.1, -0.05) is 18.0 Å². The van der Waals surface area contributed by atoms with Crippen LogP contribution in [0.25, 0.3) is 0 Å². The zero-order valence-corrected chi connectivity index (χ0v) is 18.8. The van der Waals surface area contributed by atoms with Crippen LogP contribution >= 0.6 is 11.9 Å². The van der Waals surface area contributed by atoms with Gasteiger partial charge in [-0.25, -0.2) is 4.79 Å². The van der Waals surface area contributed by atoms with Gasteiger partial charge in [-0.15, -0.1) is 5.10 Å². The van der Waals surface area contributed by atoms with Crippen LogP contribution in [0.1, 0.15) is 24.0 Å². The zero-order valence-electron chi connectivity index (χ0n) is 17.9. The predicted octanol–water partition coefficient (Wildman–Crippen LogP) is 3.98. The Bertz CT molecular complexity index is 936. The minimum atomic E-state index is -4.38. The van der Waals surface area contributed by atoms with Crippen molar-refractivity contribution in [3.63, 3.8) is 0 Å². The highest BCUT2D eigenvalue weighted by atomic mass is 32.2. The summed E-state index contributed by atoms with van der Waals surface area (Å²) in [6.45, 7) is 3.96. The monoisotopic (exact) mass is 468 g/mol. The number of piperazine rings is 1. The molecule has 2 saturated heterocycles. The fourth-order valence-electron chi connectivity index (χ4n) is 4.23. The number of hydrogen-bond donors (Lipinski definition) is 1. The summed E-state index contributed by atoms with van der Waals surface area (Å²) in [7, 11) is 0. The Labute approximate surface area is 189 Å². The van der Waals surface area contributed by atoms with E-state index in [1.165, 1.54) is 22.7 Å². The first-order valence-electron chi connectivity index (χ1n) is 10.7. The number of carbonyl (C=O) groups is 1. The van der Waals surface area contributed by atoms with Crippen LogP contribution in [0.15, 0.2) is 30.5 Å². The molecule has 1 aromatic heterocycles. The Morgan fingerprint density at radius 1 is 1.09 bits per heavy atom. The van der Waals surface area contributed by atoms with E-state index in [1.807, 2.05) is 11.2 Å². The van der Waals surface area contributed by atoms with Crippen molar-refractivity contribution in [3.8, 4) is 0 Å². The van der Waals surface area contributed by atoms with Gasteiger partial charge in [-0.05, 0) is 30.5 Å². The van der Waals surface area contributed by atoms with Crippen molar-refractivity contribution in [2.75, 3.05) is 55.1 Å². The summed E-state index contributed by atoms with van der Waals surface area (Å²) in [5.41, 5.74) is 0.364. The molecule has 1 aromatic carbocycles. The van der Waals surface area contributed by atoms with E-state index in [2.05, 4.69) is 14.7 Å². The van der Waals surface area contributed by atoms with Gasteiger partial charge in [0.15, 0.2) is 5.82 Å². The summed E-state index contributed by atoms with van der Waals surface area (Å²) in [5, 5.41) is 4.20. The number of nitrogens with zero attached hydrogens (tertiary/aromatic N) is 5. The third kappa shape index (κ3) is 5.15. The van der Waals surface area contributed by atoms with Crippen LogP contribution in [0.5, 0.6) is 0 Å². The second-order valence-electron chi connectivity index (χ2n) is 8.04. The normalized spacial score (nSPS) is 17.8. The lowest BCUT2D eigenvalue weighted by Crippen LogP contribution is -2.49. The third-order valence-corrected chi connectivity index (χ3v) is 6.27. The molecule has 3 heterocycles. The first-order chi connectivity index (χ1) is 15.3. The van der Waals surface area contributed by atoms with Gasteiger partial charge in [0.25, 0.3) is 0 Å². The Morgan fingerprint density at radius 2 is 1.81 bits per heavy atom. The van der Waals surface area contributed by atoms with Crippen LogP contribution < -0.4 is 9.62 Å². The lowest BCUT2D eigenvalue weighted by Gasteiger charge is -2.34. The van der Waals surface area contributed by atoms with Gasteiger partial charge in [0.05, 0.1) is 5.56 Å². The fourth-order valence-corrected chi connectivity index (χ4v) is 4.55.